The third kappa shape index (κ3) is 2.37. The zero-order chi connectivity index (χ0) is 14.1. The van der Waals surface area contributed by atoms with Gasteiger partial charge in [-0.05, 0) is 12.0 Å². The summed E-state index contributed by atoms with van der Waals surface area (Å²) in [5.74, 6) is -0.525. The molecule has 1 aliphatic carbocycles. The Kier molecular flexibility index (Phi) is 3.14. The smallest absolute Gasteiger partial charge is 0.229 e. The molecule has 0 N–H and O–H groups in total. The largest absolute Gasteiger partial charge is 0.494 e. The van der Waals surface area contributed by atoms with Crippen LogP contribution in [0.15, 0.2) is 53.9 Å². The van der Waals surface area contributed by atoms with Gasteiger partial charge in [0.25, 0.3) is 0 Å². The van der Waals surface area contributed by atoms with E-state index in [2.05, 4.69) is 17.0 Å². The maximum Gasteiger partial charge on any atom is 0.229 e. The molecule has 0 saturated carbocycles. The first-order valence-corrected chi connectivity index (χ1v) is 6.55. The van der Waals surface area contributed by atoms with Crippen molar-refractivity contribution >= 4 is 11.6 Å². The minimum atomic E-state index is -0.521. The predicted molar refractivity (Wildman–Crippen MR) is 73.8 cm³/mol. The molecule has 20 heavy (non-hydrogen) atoms. The molecule has 3 rings (SSSR count). The monoisotopic (exact) mass is 269 g/mol. The summed E-state index contributed by atoms with van der Waals surface area (Å²) in [6.07, 6.45) is 3.58. The summed E-state index contributed by atoms with van der Waals surface area (Å²) >= 11 is 0. The molecular weight excluding hydrogens is 254 g/mol. The van der Waals surface area contributed by atoms with Gasteiger partial charge in [-0.2, -0.15) is 0 Å². The molecule has 1 unspecified atom stereocenters. The van der Waals surface area contributed by atoms with E-state index in [1.54, 1.807) is 0 Å². The van der Waals surface area contributed by atoms with Crippen LogP contribution in [0.2, 0.25) is 0 Å². The van der Waals surface area contributed by atoms with Crippen molar-refractivity contribution in [3.8, 4) is 0 Å². The summed E-state index contributed by atoms with van der Waals surface area (Å²) in [4.78, 5) is 25.0. The van der Waals surface area contributed by atoms with Crippen LogP contribution in [0.4, 0.5) is 0 Å². The Balaban J connectivity index is 1.72. The van der Waals surface area contributed by atoms with Crippen LogP contribution in [0.3, 0.4) is 0 Å². The quantitative estimate of drug-likeness (QED) is 0.472. The molecule has 1 heterocycles. The highest BCUT2D eigenvalue weighted by atomic mass is 16.5. The van der Waals surface area contributed by atoms with E-state index in [9.17, 15) is 9.59 Å². The number of nitrogens with zero attached hydrogens (tertiary/aromatic N) is 1. The molecule has 0 radical (unpaired) electrons. The first-order chi connectivity index (χ1) is 9.69. The Bertz CT molecular complexity index is 616. The molecular formula is C16H15NO3. The van der Waals surface area contributed by atoms with Gasteiger partial charge in [-0.15, -0.1) is 0 Å². The van der Waals surface area contributed by atoms with Gasteiger partial charge < -0.3 is 9.64 Å². The van der Waals surface area contributed by atoms with Gasteiger partial charge >= 0.3 is 0 Å². The second-order valence-corrected chi connectivity index (χ2v) is 4.97. The fourth-order valence-electron chi connectivity index (χ4n) is 2.45. The molecule has 0 bridgehead atoms. The van der Waals surface area contributed by atoms with Crippen LogP contribution < -0.4 is 0 Å². The molecule has 0 aromatic heterocycles. The van der Waals surface area contributed by atoms with Crippen molar-refractivity contribution in [1.29, 1.82) is 0 Å². The maximum absolute atomic E-state index is 11.5. The number of ether oxygens (including phenoxy) is 1. The van der Waals surface area contributed by atoms with Crippen molar-refractivity contribution in [2.75, 3.05) is 13.7 Å². The van der Waals surface area contributed by atoms with Crippen LogP contribution in [-0.2, 0) is 20.7 Å². The summed E-state index contributed by atoms with van der Waals surface area (Å²) in [7, 11) is 1.51. The Morgan fingerprint density at radius 1 is 1.15 bits per heavy atom. The van der Waals surface area contributed by atoms with Crippen molar-refractivity contribution in [3.05, 3.63) is 59.5 Å². The van der Waals surface area contributed by atoms with Gasteiger partial charge in [0.15, 0.2) is 0 Å². The number of allylic oxidation sites excluding steroid dienone is 2. The molecule has 1 aliphatic heterocycles. The van der Waals surface area contributed by atoms with Crippen LogP contribution in [0, 0.1) is 0 Å². The first kappa shape index (κ1) is 12.7. The van der Waals surface area contributed by atoms with Gasteiger partial charge in [-0.25, -0.2) is 0 Å². The van der Waals surface area contributed by atoms with E-state index in [0.29, 0.717) is 11.8 Å². The van der Waals surface area contributed by atoms with E-state index in [1.165, 1.54) is 24.8 Å². The van der Waals surface area contributed by atoms with Crippen molar-refractivity contribution in [3.63, 3.8) is 0 Å². The first-order valence-electron chi connectivity index (χ1n) is 6.55. The third-order valence-electron chi connectivity index (χ3n) is 3.58. The number of carbonyl (C=O) groups is 2. The van der Waals surface area contributed by atoms with E-state index < -0.39 is 11.6 Å². The van der Waals surface area contributed by atoms with E-state index in [1.807, 2.05) is 18.2 Å². The summed E-state index contributed by atoms with van der Waals surface area (Å²) in [5.41, 5.74) is 1.99. The number of hydrogen-bond donors (Lipinski definition) is 0. The second-order valence-electron chi connectivity index (χ2n) is 4.97. The number of rotatable bonds is 4. The molecule has 1 atom stereocenters. The molecule has 2 aliphatic rings. The van der Waals surface area contributed by atoms with Gasteiger partial charge in [0.05, 0.1) is 18.8 Å². The average molecular weight is 269 g/mol. The molecule has 1 fully saturated rings. The van der Waals surface area contributed by atoms with Crippen molar-refractivity contribution in [2.45, 2.75) is 12.5 Å². The minimum Gasteiger partial charge on any atom is -0.494 e. The molecule has 0 amide bonds. The maximum atomic E-state index is 11.5. The summed E-state index contributed by atoms with van der Waals surface area (Å²) in [6.45, 7) is 0.878. The lowest BCUT2D eigenvalue weighted by molar-refractivity contribution is -0.131. The van der Waals surface area contributed by atoms with Crippen LogP contribution in [0.1, 0.15) is 5.56 Å². The zero-order valence-electron chi connectivity index (χ0n) is 11.2. The minimum absolute atomic E-state index is 0.364. The van der Waals surface area contributed by atoms with Crippen molar-refractivity contribution < 1.29 is 14.3 Å². The molecule has 4 nitrogen and oxygen atoms in total. The molecule has 1 aromatic carbocycles. The fraction of sp³-hybridized carbons (Fsp3) is 0.250. The van der Waals surface area contributed by atoms with E-state index in [-0.39, 0.29) is 0 Å². The van der Waals surface area contributed by atoms with Crippen LogP contribution >= 0.6 is 0 Å². The number of carbonyl (C=O) groups excluding carboxylic acids is 2. The standard InChI is InChI=1S/C16H15NO3/c1-20-16-9-15(19)14(18)8-13(16)17-10-12(17)7-11-5-3-2-4-6-11/h2-6,8-9,12H,7,10H2,1H3. The lowest BCUT2D eigenvalue weighted by atomic mass is 10.1. The number of benzene rings is 1. The number of hydrogen-bond acceptors (Lipinski definition) is 4. The predicted octanol–water partition coefficient (Wildman–Crippen LogP) is 1.48. The van der Waals surface area contributed by atoms with E-state index >= 15 is 0 Å². The Morgan fingerprint density at radius 3 is 2.55 bits per heavy atom. The number of methoxy groups -OCH3 is 1. The van der Waals surface area contributed by atoms with E-state index in [0.717, 1.165) is 18.7 Å². The highest BCUT2D eigenvalue weighted by Gasteiger charge is 2.39. The Labute approximate surface area is 117 Å². The van der Waals surface area contributed by atoms with Crippen molar-refractivity contribution in [2.24, 2.45) is 0 Å². The van der Waals surface area contributed by atoms with E-state index in [4.69, 9.17) is 4.74 Å². The van der Waals surface area contributed by atoms with Gasteiger partial charge in [0.1, 0.15) is 5.76 Å². The number of ketones is 2. The Hall–Kier alpha value is -2.36. The van der Waals surface area contributed by atoms with Gasteiger partial charge in [-0.1, -0.05) is 30.3 Å². The summed E-state index contributed by atoms with van der Waals surface area (Å²) in [6, 6.07) is 10.6. The van der Waals surface area contributed by atoms with Gasteiger partial charge in [-0.3, -0.25) is 9.59 Å². The van der Waals surface area contributed by atoms with Crippen LogP contribution in [0.5, 0.6) is 0 Å². The lowest BCUT2D eigenvalue weighted by Crippen LogP contribution is -2.20. The highest BCUT2D eigenvalue weighted by molar-refractivity contribution is 6.46. The highest BCUT2D eigenvalue weighted by Crippen LogP contribution is 2.32. The lowest BCUT2D eigenvalue weighted by Gasteiger charge is -2.16. The topological polar surface area (TPSA) is 46.4 Å². The summed E-state index contributed by atoms with van der Waals surface area (Å²) < 4.78 is 5.20. The van der Waals surface area contributed by atoms with Crippen molar-refractivity contribution in [1.82, 2.24) is 4.90 Å². The zero-order valence-corrected chi connectivity index (χ0v) is 11.2. The summed E-state index contributed by atoms with van der Waals surface area (Å²) in [5, 5.41) is 0. The Morgan fingerprint density at radius 2 is 1.85 bits per heavy atom. The second kappa shape index (κ2) is 4.96. The molecule has 1 aromatic rings. The fourth-order valence-corrected chi connectivity index (χ4v) is 2.45. The third-order valence-corrected chi connectivity index (χ3v) is 3.58. The molecule has 1 saturated heterocycles. The molecule has 102 valence electrons. The van der Waals surface area contributed by atoms with Gasteiger partial charge in [0.2, 0.25) is 11.6 Å². The average Bonchev–Trinajstić information content (AvgIpc) is 3.21. The molecule has 4 heteroatoms. The van der Waals surface area contributed by atoms with Crippen LogP contribution in [-0.4, -0.2) is 36.2 Å². The normalized spacial score (nSPS) is 21.4. The van der Waals surface area contributed by atoms with Crippen LogP contribution in [0.25, 0.3) is 0 Å². The molecule has 0 spiro atoms. The van der Waals surface area contributed by atoms with Gasteiger partial charge in [0, 0.05) is 18.7 Å². The SMILES string of the molecule is COC1=CC(=O)C(=O)C=C1N1CC1Cc1ccccc1.